The fourth-order valence-corrected chi connectivity index (χ4v) is 5.75. The number of carbonyl (C=O) groups excluding carboxylic acids is 1. The van der Waals surface area contributed by atoms with Crippen molar-refractivity contribution in [3.63, 3.8) is 0 Å². The molecule has 0 saturated heterocycles. The molecule has 0 unspecified atom stereocenters. The summed E-state index contributed by atoms with van der Waals surface area (Å²) in [5.41, 5.74) is 0. The molecule has 42 heavy (non-hydrogen) atoms. The normalized spacial score (nSPS) is 11.8. The summed E-state index contributed by atoms with van der Waals surface area (Å²) in [5.74, 6) is 0.267. The van der Waals surface area contributed by atoms with Crippen molar-refractivity contribution in [3.8, 4) is 0 Å². The van der Waals surface area contributed by atoms with E-state index in [4.69, 9.17) is 0 Å². The van der Waals surface area contributed by atoms with Crippen LogP contribution in [0.1, 0.15) is 219 Å². The van der Waals surface area contributed by atoms with Crippen molar-refractivity contribution in [2.75, 3.05) is 6.54 Å². The zero-order valence-corrected chi connectivity index (χ0v) is 29.1. The first-order valence-corrected chi connectivity index (χ1v) is 19.4. The lowest BCUT2D eigenvalue weighted by atomic mass is 10.1. The van der Waals surface area contributed by atoms with Crippen LogP contribution >= 0.6 is 0 Å². The Morgan fingerprint density at radius 3 is 1.02 bits per heavy atom. The van der Waals surface area contributed by atoms with E-state index in [-0.39, 0.29) is 5.91 Å². The molecule has 1 N–H and O–H groups in total. The zero-order valence-electron chi connectivity index (χ0n) is 29.1. The average molecular weight is 588 g/mol. The van der Waals surface area contributed by atoms with Crippen molar-refractivity contribution in [2.45, 2.75) is 219 Å². The van der Waals surface area contributed by atoms with Gasteiger partial charge in [0.1, 0.15) is 0 Å². The third-order valence-corrected chi connectivity index (χ3v) is 8.68. The van der Waals surface area contributed by atoms with Gasteiger partial charge >= 0.3 is 0 Å². The van der Waals surface area contributed by atoms with Crippen LogP contribution < -0.4 is 5.32 Å². The molecule has 0 heterocycles. The fraction of sp³-hybridized carbons (Fsp3) is 0.875. The molecule has 0 aliphatic heterocycles. The topological polar surface area (TPSA) is 29.1 Å². The molecule has 0 atom stereocenters. The van der Waals surface area contributed by atoms with E-state index >= 15 is 0 Å². The highest BCUT2D eigenvalue weighted by Crippen LogP contribution is 2.13. The summed E-state index contributed by atoms with van der Waals surface area (Å²) in [6.45, 7) is 5.44. The maximum absolute atomic E-state index is 12.1. The highest BCUT2D eigenvalue weighted by atomic mass is 16.1. The molecular formula is C40H77NO. The van der Waals surface area contributed by atoms with Gasteiger partial charge in [-0.05, 0) is 64.2 Å². The van der Waals surface area contributed by atoms with Crippen LogP contribution in [0.5, 0.6) is 0 Å². The molecule has 2 nitrogen and oxygen atoms in total. The van der Waals surface area contributed by atoms with Gasteiger partial charge in [0.15, 0.2) is 0 Å². The van der Waals surface area contributed by atoms with Gasteiger partial charge in [0.2, 0.25) is 5.91 Å². The SMILES string of the molecule is CCCCCCCC/C=C\CCCCCCCCCCCC(=O)NCCCCCCCC/C=C\CCCCCCCC. The minimum Gasteiger partial charge on any atom is -0.356 e. The lowest BCUT2D eigenvalue weighted by Crippen LogP contribution is -2.23. The molecule has 0 aliphatic carbocycles. The molecule has 0 rings (SSSR count). The first-order valence-electron chi connectivity index (χ1n) is 19.4. The zero-order chi connectivity index (χ0) is 30.4. The Morgan fingerprint density at radius 1 is 0.381 bits per heavy atom. The van der Waals surface area contributed by atoms with E-state index in [0.717, 1.165) is 25.8 Å². The predicted molar refractivity (Wildman–Crippen MR) is 190 cm³/mol. The van der Waals surface area contributed by atoms with E-state index in [1.165, 1.54) is 186 Å². The van der Waals surface area contributed by atoms with Gasteiger partial charge in [-0.3, -0.25) is 4.79 Å². The molecule has 0 bridgehead atoms. The molecule has 0 radical (unpaired) electrons. The van der Waals surface area contributed by atoms with Crippen molar-refractivity contribution in [3.05, 3.63) is 24.3 Å². The molecule has 0 aromatic rings. The molecule has 248 valence electrons. The quantitative estimate of drug-likeness (QED) is 0.0580. The summed E-state index contributed by atoms with van der Waals surface area (Å²) in [4.78, 5) is 12.1. The number of nitrogens with one attached hydrogen (secondary N) is 1. The molecule has 1 amide bonds. The van der Waals surface area contributed by atoms with E-state index < -0.39 is 0 Å². The average Bonchev–Trinajstić information content (AvgIpc) is 3.00. The molecule has 0 aromatic carbocycles. The summed E-state index contributed by atoms with van der Waals surface area (Å²) in [7, 11) is 0. The van der Waals surface area contributed by atoms with Crippen LogP contribution in [0.25, 0.3) is 0 Å². The van der Waals surface area contributed by atoms with Crippen LogP contribution in [0.2, 0.25) is 0 Å². The van der Waals surface area contributed by atoms with E-state index in [1.54, 1.807) is 0 Å². The fourth-order valence-electron chi connectivity index (χ4n) is 5.75. The van der Waals surface area contributed by atoms with Gasteiger partial charge < -0.3 is 5.32 Å². The van der Waals surface area contributed by atoms with Gasteiger partial charge in [-0.25, -0.2) is 0 Å². The van der Waals surface area contributed by atoms with Crippen molar-refractivity contribution < 1.29 is 4.79 Å². The Kier molecular flexibility index (Phi) is 37.0. The van der Waals surface area contributed by atoms with Crippen molar-refractivity contribution in [1.82, 2.24) is 5.32 Å². The highest BCUT2D eigenvalue weighted by molar-refractivity contribution is 5.75. The van der Waals surface area contributed by atoms with Gasteiger partial charge in [-0.15, -0.1) is 0 Å². The monoisotopic (exact) mass is 588 g/mol. The third kappa shape index (κ3) is 37.0. The molecule has 0 aromatic heterocycles. The molecular weight excluding hydrogens is 510 g/mol. The van der Waals surface area contributed by atoms with E-state index in [1.807, 2.05) is 0 Å². The van der Waals surface area contributed by atoms with Crippen molar-refractivity contribution in [2.24, 2.45) is 0 Å². The Balaban J connectivity index is 3.21. The number of hydrogen-bond acceptors (Lipinski definition) is 1. The molecule has 0 saturated carbocycles. The second-order valence-electron chi connectivity index (χ2n) is 13.0. The Labute approximate surface area is 265 Å². The van der Waals surface area contributed by atoms with Crippen LogP contribution in [0.3, 0.4) is 0 Å². The minimum absolute atomic E-state index is 0.267. The lowest BCUT2D eigenvalue weighted by Gasteiger charge is -2.06. The van der Waals surface area contributed by atoms with Crippen molar-refractivity contribution >= 4 is 5.91 Å². The van der Waals surface area contributed by atoms with Crippen LogP contribution in [0.4, 0.5) is 0 Å². The second kappa shape index (κ2) is 38.0. The predicted octanol–water partition coefficient (Wildman–Crippen LogP) is 13.7. The summed E-state index contributed by atoms with van der Waals surface area (Å²) in [6.07, 6.45) is 51.8. The van der Waals surface area contributed by atoms with Crippen LogP contribution in [-0.2, 0) is 4.79 Å². The second-order valence-corrected chi connectivity index (χ2v) is 13.0. The van der Waals surface area contributed by atoms with Gasteiger partial charge in [-0.1, -0.05) is 173 Å². The summed E-state index contributed by atoms with van der Waals surface area (Å²) in [6, 6.07) is 0. The van der Waals surface area contributed by atoms with Gasteiger partial charge in [0.25, 0.3) is 0 Å². The molecule has 0 spiro atoms. The first-order chi connectivity index (χ1) is 20.8. The van der Waals surface area contributed by atoms with Gasteiger partial charge in [-0.2, -0.15) is 0 Å². The summed E-state index contributed by atoms with van der Waals surface area (Å²) < 4.78 is 0. The van der Waals surface area contributed by atoms with E-state index in [2.05, 4.69) is 43.5 Å². The van der Waals surface area contributed by atoms with Crippen LogP contribution in [0.15, 0.2) is 24.3 Å². The Bertz CT molecular complexity index is 566. The van der Waals surface area contributed by atoms with Gasteiger partial charge in [0.05, 0.1) is 0 Å². The summed E-state index contributed by atoms with van der Waals surface area (Å²) in [5, 5.41) is 3.14. The number of hydrogen-bond donors (Lipinski definition) is 1. The van der Waals surface area contributed by atoms with E-state index in [9.17, 15) is 4.79 Å². The maximum Gasteiger partial charge on any atom is 0.219 e. The van der Waals surface area contributed by atoms with Crippen molar-refractivity contribution in [1.29, 1.82) is 0 Å². The van der Waals surface area contributed by atoms with Gasteiger partial charge in [0, 0.05) is 13.0 Å². The largest absolute Gasteiger partial charge is 0.356 e. The highest BCUT2D eigenvalue weighted by Gasteiger charge is 2.01. The molecule has 2 heteroatoms. The molecule has 0 aliphatic rings. The third-order valence-electron chi connectivity index (χ3n) is 8.68. The standard InChI is InChI=1S/C40H77NO/c1-3-5-7-9-11-13-15-17-19-21-22-23-24-26-28-30-32-34-36-38-40(42)41-39-37-35-33-31-29-27-25-20-18-16-14-12-10-8-6-4-2/h17-20H,3-16,21-39H2,1-2H3,(H,41,42)/b19-17-,20-18-. The molecule has 0 fully saturated rings. The smallest absolute Gasteiger partial charge is 0.219 e. The number of allylic oxidation sites excluding steroid dienone is 4. The number of carbonyl (C=O) groups is 1. The number of rotatable bonds is 35. The number of amides is 1. The first kappa shape index (κ1) is 41.0. The maximum atomic E-state index is 12.1. The van der Waals surface area contributed by atoms with E-state index in [0.29, 0.717) is 0 Å². The number of unbranched alkanes of at least 4 members (excludes halogenated alkanes) is 27. The van der Waals surface area contributed by atoms with Crippen LogP contribution in [-0.4, -0.2) is 12.5 Å². The lowest BCUT2D eigenvalue weighted by molar-refractivity contribution is -0.121. The van der Waals surface area contributed by atoms with Crippen LogP contribution in [0, 0.1) is 0 Å². The Morgan fingerprint density at radius 2 is 0.667 bits per heavy atom. The Hall–Kier alpha value is -1.05. The summed E-state index contributed by atoms with van der Waals surface area (Å²) >= 11 is 0. The minimum atomic E-state index is 0.267.